The highest BCUT2D eigenvalue weighted by Gasteiger charge is 2.43. The highest BCUT2D eigenvalue weighted by Crippen LogP contribution is 2.33. The molecule has 0 saturated heterocycles. The molecule has 7 nitrogen and oxygen atoms in total. The Kier molecular flexibility index (Phi) is 12.3. The normalized spacial score (nSPS) is 13.6. The first-order valence-corrected chi connectivity index (χ1v) is 14.3. The number of carbonyl (C=O) groups is 3. The Balaban J connectivity index is 3.60. The molecular weight excluding hydrogens is 474 g/mol. The molecule has 0 aromatic heterocycles. The second kappa shape index (κ2) is 13.9. The summed E-state index contributed by atoms with van der Waals surface area (Å²) >= 11 is 1.59. The Morgan fingerprint density at radius 3 is 2.03 bits per heavy atom. The molecule has 204 valence electrons. The van der Waals surface area contributed by atoms with Crippen molar-refractivity contribution >= 4 is 29.7 Å². The van der Waals surface area contributed by atoms with Crippen LogP contribution in [0.3, 0.4) is 0 Å². The van der Waals surface area contributed by atoms with Crippen LogP contribution in [0.5, 0.6) is 0 Å². The molecule has 1 aromatic carbocycles. The van der Waals surface area contributed by atoms with Gasteiger partial charge in [0.2, 0.25) is 11.8 Å². The van der Waals surface area contributed by atoms with Gasteiger partial charge in [-0.3, -0.25) is 9.59 Å². The molecular formula is C28H47N3O4S. The predicted octanol–water partition coefficient (Wildman–Crippen LogP) is 5.48. The van der Waals surface area contributed by atoms with Gasteiger partial charge in [-0.1, -0.05) is 38.1 Å². The molecule has 2 unspecified atom stereocenters. The van der Waals surface area contributed by atoms with Gasteiger partial charge in [0, 0.05) is 11.6 Å². The highest BCUT2D eigenvalue weighted by atomic mass is 32.2. The summed E-state index contributed by atoms with van der Waals surface area (Å²) in [5.74, 6) is 0.121. The third-order valence-electron chi connectivity index (χ3n) is 6.00. The number of benzene rings is 1. The lowest BCUT2D eigenvalue weighted by Crippen LogP contribution is -2.59. The first-order chi connectivity index (χ1) is 16.7. The topological polar surface area (TPSA) is 87.7 Å². The Bertz CT molecular complexity index is 863. The van der Waals surface area contributed by atoms with E-state index in [4.69, 9.17) is 4.74 Å². The van der Waals surface area contributed by atoms with Crippen molar-refractivity contribution in [3.8, 4) is 0 Å². The largest absolute Gasteiger partial charge is 0.444 e. The minimum Gasteiger partial charge on any atom is -0.444 e. The molecule has 0 radical (unpaired) electrons. The molecule has 0 bridgehead atoms. The van der Waals surface area contributed by atoms with Gasteiger partial charge in [0.05, 0.1) is 0 Å². The molecule has 1 rings (SSSR count). The number of nitrogens with zero attached hydrogens (tertiary/aromatic N) is 1. The summed E-state index contributed by atoms with van der Waals surface area (Å²) in [7, 11) is 0. The Hall–Kier alpha value is -2.22. The van der Waals surface area contributed by atoms with E-state index in [2.05, 4.69) is 17.6 Å². The van der Waals surface area contributed by atoms with Gasteiger partial charge in [-0.15, -0.1) is 0 Å². The molecule has 0 aliphatic heterocycles. The monoisotopic (exact) mass is 521 g/mol. The van der Waals surface area contributed by atoms with Crippen molar-refractivity contribution in [1.29, 1.82) is 0 Å². The number of carbonyl (C=O) groups excluding carboxylic acids is 3. The molecule has 0 saturated carbocycles. The van der Waals surface area contributed by atoms with Crippen LogP contribution in [-0.4, -0.2) is 58.0 Å². The SMILES string of the molecule is CCc1ccc(C(C(=O)NC(C)C)N(C(=O)C(CCSC)NC(=O)OC(C)(C)C)C(C)(C)CC)cc1. The fourth-order valence-electron chi connectivity index (χ4n) is 3.77. The van der Waals surface area contributed by atoms with Gasteiger partial charge < -0.3 is 20.3 Å². The summed E-state index contributed by atoms with van der Waals surface area (Å²) in [5, 5.41) is 5.80. The summed E-state index contributed by atoms with van der Waals surface area (Å²) in [6.07, 6.45) is 3.23. The maximum absolute atomic E-state index is 14.3. The number of ether oxygens (including phenoxy) is 1. The molecule has 0 heterocycles. The van der Waals surface area contributed by atoms with Crippen LogP contribution in [0.4, 0.5) is 4.79 Å². The third-order valence-corrected chi connectivity index (χ3v) is 6.64. The quantitative estimate of drug-likeness (QED) is 0.380. The van der Waals surface area contributed by atoms with Crippen molar-refractivity contribution < 1.29 is 19.1 Å². The third kappa shape index (κ3) is 9.68. The van der Waals surface area contributed by atoms with Crippen LogP contribution in [0.25, 0.3) is 0 Å². The van der Waals surface area contributed by atoms with Crippen molar-refractivity contribution in [2.24, 2.45) is 0 Å². The van der Waals surface area contributed by atoms with Crippen LogP contribution < -0.4 is 10.6 Å². The lowest BCUT2D eigenvalue weighted by molar-refractivity contribution is -0.149. The average Bonchev–Trinajstić information content (AvgIpc) is 2.77. The Labute approximate surface area is 222 Å². The molecule has 2 N–H and O–H groups in total. The van der Waals surface area contributed by atoms with Crippen LogP contribution in [-0.2, 0) is 20.7 Å². The maximum Gasteiger partial charge on any atom is 0.408 e. The minimum absolute atomic E-state index is 0.0937. The molecule has 8 heteroatoms. The van der Waals surface area contributed by atoms with E-state index in [0.717, 1.165) is 17.5 Å². The number of hydrogen-bond acceptors (Lipinski definition) is 5. The van der Waals surface area contributed by atoms with Crippen molar-refractivity contribution in [1.82, 2.24) is 15.5 Å². The van der Waals surface area contributed by atoms with Gasteiger partial charge >= 0.3 is 6.09 Å². The Morgan fingerprint density at radius 2 is 1.58 bits per heavy atom. The van der Waals surface area contributed by atoms with E-state index in [1.807, 2.05) is 65.1 Å². The van der Waals surface area contributed by atoms with Crippen LogP contribution >= 0.6 is 11.8 Å². The molecule has 0 spiro atoms. The second-order valence-corrected chi connectivity index (χ2v) is 12.0. The molecule has 0 aliphatic carbocycles. The summed E-state index contributed by atoms with van der Waals surface area (Å²) < 4.78 is 5.45. The second-order valence-electron chi connectivity index (χ2n) is 11.0. The summed E-state index contributed by atoms with van der Waals surface area (Å²) in [6, 6.07) is 6.07. The van der Waals surface area contributed by atoms with Crippen molar-refractivity contribution in [3.05, 3.63) is 35.4 Å². The molecule has 0 fully saturated rings. The number of alkyl carbamates (subject to hydrolysis) is 1. The van der Waals surface area contributed by atoms with Crippen LogP contribution in [0.15, 0.2) is 24.3 Å². The smallest absolute Gasteiger partial charge is 0.408 e. The molecule has 3 amide bonds. The van der Waals surface area contributed by atoms with E-state index < -0.39 is 29.3 Å². The van der Waals surface area contributed by atoms with Gasteiger partial charge in [0.15, 0.2) is 0 Å². The van der Waals surface area contributed by atoms with Crippen molar-refractivity contribution in [3.63, 3.8) is 0 Å². The first-order valence-electron chi connectivity index (χ1n) is 12.9. The van der Waals surface area contributed by atoms with Gasteiger partial charge in [-0.05, 0) is 90.9 Å². The maximum atomic E-state index is 14.3. The number of aryl methyl sites for hydroxylation is 1. The van der Waals surface area contributed by atoms with Gasteiger partial charge in [0.25, 0.3) is 0 Å². The summed E-state index contributed by atoms with van der Waals surface area (Å²) in [5.41, 5.74) is 0.535. The molecule has 36 heavy (non-hydrogen) atoms. The zero-order chi connectivity index (χ0) is 27.7. The fraction of sp³-hybridized carbons (Fsp3) is 0.679. The number of amides is 3. The minimum atomic E-state index is -0.849. The van der Waals surface area contributed by atoms with Gasteiger partial charge in [-0.25, -0.2) is 4.79 Å². The van der Waals surface area contributed by atoms with E-state index in [-0.39, 0.29) is 17.9 Å². The van der Waals surface area contributed by atoms with Gasteiger partial charge in [-0.2, -0.15) is 11.8 Å². The van der Waals surface area contributed by atoms with Crippen LogP contribution in [0.1, 0.15) is 92.3 Å². The lowest BCUT2D eigenvalue weighted by atomic mass is 9.91. The van der Waals surface area contributed by atoms with Gasteiger partial charge in [0.1, 0.15) is 17.7 Å². The number of rotatable bonds is 12. The standard InChI is InChI=1S/C28H47N3O4S/c1-11-20-13-15-21(16-14-20)23(24(32)29-19(3)4)31(28(8,9)12-2)25(33)22(17-18-36-10)30-26(34)35-27(5,6)7/h13-16,19,22-23H,11-12,17-18H2,1-10H3,(H,29,32)(H,30,34). The van der Waals surface area contributed by atoms with E-state index >= 15 is 0 Å². The van der Waals surface area contributed by atoms with Crippen LogP contribution in [0, 0.1) is 0 Å². The van der Waals surface area contributed by atoms with E-state index in [9.17, 15) is 14.4 Å². The van der Waals surface area contributed by atoms with E-state index in [1.165, 1.54) is 0 Å². The van der Waals surface area contributed by atoms with E-state index in [1.54, 1.807) is 37.4 Å². The molecule has 0 aliphatic rings. The average molecular weight is 522 g/mol. The highest BCUT2D eigenvalue weighted by molar-refractivity contribution is 7.98. The molecule has 2 atom stereocenters. The molecule has 1 aromatic rings. The number of hydrogen-bond donors (Lipinski definition) is 2. The number of thioether (sulfide) groups is 1. The summed E-state index contributed by atoms with van der Waals surface area (Å²) in [4.78, 5) is 42.2. The van der Waals surface area contributed by atoms with Crippen molar-refractivity contribution in [2.75, 3.05) is 12.0 Å². The zero-order valence-electron chi connectivity index (χ0n) is 23.9. The van der Waals surface area contributed by atoms with Crippen LogP contribution in [0.2, 0.25) is 0 Å². The predicted molar refractivity (Wildman–Crippen MR) is 149 cm³/mol. The van der Waals surface area contributed by atoms with E-state index in [0.29, 0.717) is 18.6 Å². The lowest BCUT2D eigenvalue weighted by Gasteiger charge is -2.44. The number of nitrogens with one attached hydrogen (secondary N) is 2. The summed E-state index contributed by atoms with van der Waals surface area (Å²) in [6.45, 7) is 17.1. The fourth-order valence-corrected chi connectivity index (χ4v) is 4.24. The van der Waals surface area contributed by atoms with Crippen molar-refractivity contribution in [2.45, 2.75) is 111 Å². The zero-order valence-corrected chi connectivity index (χ0v) is 24.7. The first kappa shape index (κ1) is 31.8. The Morgan fingerprint density at radius 1 is 1.00 bits per heavy atom.